The van der Waals surface area contributed by atoms with Crippen molar-refractivity contribution in [3.05, 3.63) is 48.6 Å². The lowest BCUT2D eigenvalue weighted by molar-refractivity contribution is -0.140. The summed E-state index contributed by atoms with van der Waals surface area (Å²) in [6.07, 6.45) is 25.7. The van der Waals surface area contributed by atoms with Crippen LogP contribution in [-0.2, 0) is 14.3 Å². The molecule has 0 aromatic carbocycles. The summed E-state index contributed by atoms with van der Waals surface area (Å²) in [4.78, 5) is 11.0. The Morgan fingerprint density at radius 1 is 0.917 bits per heavy atom. The lowest BCUT2D eigenvalue weighted by Gasteiger charge is -1.96. The third kappa shape index (κ3) is 11.0. The lowest BCUT2D eigenvalue weighted by Crippen LogP contribution is -2.01. The summed E-state index contributed by atoms with van der Waals surface area (Å²) in [7, 11) is 1.43. The van der Waals surface area contributed by atoms with Gasteiger partial charge in [-0.1, -0.05) is 55.5 Å². The van der Waals surface area contributed by atoms with Crippen LogP contribution < -0.4 is 0 Å². The number of epoxide rings is 1. The van der Waals surface area contributed by atoms with Crippen molar-refractivity contribution >= 4 is 5.97 Å². The highest BCUT2D eigenvalue weighted by Crippen LogP contribution is 2.30. The van der Waals surface area contributed by atoms with Crippen LogP contribution >= 0.6 is 0 Å². The molecular weight excluding hydrogens is 300 g/mol. The van der Waals surface area contributed by atoms with Crippen molar-refractivity contribution in [1.29, 1.82) is 0 Å². The van der Waals surface area contributed by atoms with Crippen LogP contribution in [0.3, 0.4) is 0 Å². The maximum absolute atomic E-state index is 11.0. The molecule has 0 aliphatic carbocycles. The van der Waals surface area contributed by atoms with Gasteiger partial charge in [-0.3, -0.25) is 4.79 Å². The van der Waals surface area contributed by atoms with E-state index < -0.39 is 0 Å². The Kier molecular flexibility index (Phi) is 11.7. The van der Waals surface area contributed by atoms with E-state index in [9.17, 15) is 4.79 Å². The Balaban J connectivity index is 1.94. The lowest BCUT2D eigenvalue weighted by atomic mass is 10.1. The van der Waals surface area contributed by atoms with Crippen molar-refractivity contribution in [2.45, 2.75) is 70.5 Å². The number of hydrogen-bond donors (Lipinski definition) is 0. The second kappa shape index (κ2) is 13.8. The predicted molar refractivity (Wildman–Crippen MR) is 99.8 cm³/mol. The first-order valence-electron chi connectivity index (χ1n) is 9.10. The highest BCUT2D eigenvalue weighted by atomic mass is 16.6. The van der Waals surface area contributed by atoms with Gasteiger partial charge in [-0.2, -0.15) is 0 Å². The summed E-state index contributed by atoms with van der Waals surface area (Å²) in [5.41, 5.74) is 0. The van der Waals surface area contributed by atoms with Crippen LogP contribution in [0, 0.1) is 0 Å². The molecule has 24 heavy (non-hydrogen) atoms. The third-order valence-corrected chi connectivity index (χ3v) is 3.87. The molecule has 1 saturated heterocycles. The molecule has 0 spiro atoms. The topological polar surface area (TPSA) is 38.8 Å². The Bertz CT molecular complexity index is 446. The number of rotatable bonds is 13. The van der Waals surface area contributed by atoms with Gasteiger partial charge in [0.2, 0.25) is 0 Å². The molecule has 3 nitrogen and oxygen atoms in total. The van der Waals surface area contributed by atoms with Gasteiger partial charge in [0.15, 0.2) is 0 Å². The van der Waals surface area contributed by atoms with Crippen LogP contribution in [0.2, 0.25) is 0 Å². The summed E-state index contributed by atoms with van der Waals surface area (Å²) in [6, 6.07) is 0. The minimum Gasteiger partial charge on any atom is -0.469 e. The molecule has 134 valence electrons. The van der Waals surface area contributed by atoms with Gasteiger partial charge < -0.3 is 9.47 Å². The molecule has 1 aliphatic heterocycles. The minimum absolute atomic E-state index is 0.133. The van der Waals surface area contributed by atoms with Gasteiger partial charge in [-0.25, -0.2) is 0 Å². The van der Waals surface area contributed by atoms with E-state index in [1.807, 2.05) is 0 Å². The number of carbonyl (C=O) groups is 1. The summed E-state index contributed by atoms with van der Waals surface area (Å²) in [6.45, 7) is 2.15. The zero-order valence-corrected chi connectivity index (χ0v) is 15.2. The molecule has 0 radical (unpaired) electrons. The first-order valence-corrected chi connectivity index (χ1v) is 9.10. The molecule has 0 aromatic heterocycles. The minimum atomic E-state index is -0.133. The molecule has 3 heteroatoms. The van der Waals surface area contributed by atoms with Gasteiger partial charge in [0.05, 0.1) is 19.3 Å². The van der Waals surface area contributed by atoms with Gasteiger partial charge in [0, 0.05) is 6.42 Å². The monoisotopic (exact) mass is 332 g/mol. The van der Waals surface area contributed by atoms with Gasteiger partial charge in [-0.15, -0.1) is 0 Å². The van der Waals surface area contributed by atoms with Gasteiger partial charge in [0.25, 0.3) is 0 Å². The fourth-order valence-corrected chi connectivity index (χ4v) is 2.40. The highest BCUT2D eigenvalue weighted by Gasteiger charge is 2.36. The maximum Gasteiger partial charge on any atom is 0.305 e. The Hall–Kier alpha value is -1.61. The zero-order chi connectivity index (χ0) is 17.5. The molecule has 1 fully saturated rings. The number of methoxy groups -OCH3 is 1. The summed E-state index contributed by atoms with van der Waals surface area (Å²) >= 11 is 0. The zero-order valence-electron chi connectivity index (χ0n) is 15.2. The second-order valence-corrected chi connectivity index (χ2v) is 5.92. The van der Waals surface area contributed by atoms with Crippen molar-refractivity contribution in [2.75, 3.05) is 7.11 Å². The van der Waals surface area contributed by atoms with Crippen molar-refractivity contribution in [2.24, 2.45) is 0 Å². The van der Waals surface area contributed by atoms with Gasteiger partial charge >= 0.3 is 5.97 Å². The average Bonchev–Trinajstić information content (AvgIpc) is 3.34. The molecule has 2 atom stereocenters. The molecule has 2 unspecified atom stereocenters. The van der Waals surface area contributed by atoms with Crippen LogP contribution in [-0.4, -0.2) is 25.3 Å². The van der Waals surface area contributed by atoms with E-state index in [0.717, 1.165) is 44.9 Å². The van der Waals surface area contributed by atoms with Gasteiger partial charge in [-0.05, 0) is 44.9 Å². The number of esters is 1. The van der Waals surface area contributed by atoms with E-state index >= 15 is 0 Å². The quantitative estimate of drug-likeness (QED) is 0.261. The predicted octanol–water partition coefficient (Wildman–Crippen LogP) is 5.29. The molecule has 0 aromatic rings. The normalized spacial score (nSPS) is 20.8. The largest absolute Gasteiger partial charge is 0.469 e. The van der Waals surface area contributed by atoms with Crippen LogP contribution in [0.5, 0.6) is 0 Å². The van der Waals surface area contributed by atoms with Crippen molar-refractivity contribution < 1.29 is 14.3 Å². The fraction of sp³-hybridized carbons (Fsp3) is 0.571. The van der Waals surface area contributed by atoms with E-state index in [2.05, 4.69) is 60.3 Å². The summed E-state index contributed by atoms with van der Waals surface area (Å²) < 4.78 is 10.2. The highest BCUT2D eigenvalue weighted by molar-refractivity contribution is 5.68. The van der Waals surface area contributed by atoms with E-state index in [1.165, 1.54) is 7.11 Å². The smallest absolute Gasteiger partial charge is 0.305 e. The SMILES string of the molecule is CC/C=C\C/C=C\C/C=C\C/C=C\CC1OC1CCCC(=O)OC. The Morgan fingerprint density at radius 3 is 2.08 bits per heavy atom. The molecule has 1 aliphatic rings. The molecule has 0 amide bonds. The summed E-state index contributed by atoms with van der Waals surface area (Å²) in [5.74, 6) is -0.133. The van der Waals surface area contributed by atoms with E-state index in [4.69, 9.17) is 4.74 Å². The van der Waals surface area contributed by atoms with Crippen LogP contribution in [0.1, 0.15) is 58.3 Å². The Labute approximate surface area is 147 Å². The number of ether oxygens (including phenoxy) is 2. The van der Waals surface area contributed by atoms with E-state index in [1.54, 1.807) is 0 Å². The summed E-state index contributed by atoms with van der Waals surface area (Å²) in [5, 5.41) is 0. The number of hydrogen-bond acceptors (Lipinski definition) is 3. The number of allylic oxidation sites excluding steroid dienone is 7. The van der Waals surface area contributed by atoms with Crippen LogP contribution in [0.4, 0.5) is 0 Å². The molecule has 1 rings (SSSR count). The number of carbonyl (C=O) groups excluding carboxylic acids is 1. The first-order chi connectivity index (χ1) is 11.8. The Morgan fingerprint density at radius 2 is 1.50 bits per heavy atom. The van der Waals surface area contributed by atoms with Crippen molar-refractivity contribution in [3.63, 3.8) is 0 Å². The molecule has 0 bridgehead atoms. The van der Waals surface area contributed by atoms with E-state index in [-0.39, 0.29) is 5.97 Å². The molecule has 0 saturated carbocycles. The molecule has 1 heterocycles. The van der Waals surface area contributed by atoms with Crippen molar-refractivity contribution in [1.82, 2.24) is 0 Å². The molecule has 0 N–H and O–H groups in total. The van der Waals surface area contributed by atoms with Crippen LogP contribution in [0.25, 0.3) is 0 Å². The third-order valence-electron chi connectivity index (χ3n) is 3.87. The maximum atomic E-state index is 11.0. The fourth-order valence-electron chi connectivity index (χ4n) is 2.40. The molecular formula is C21H32O3. The van der Waals surface area contributed by atoms with Crippen molar-refractivity contribution in [3.8, 4) is 0 Å². The van der Waals surface area contributed by atoms with Crippen LogP contribution in [0.15, 0.2) is 48.6 Å². The second-order valence-electron chi connectivity index (χ2n) is 5.92. The first kappa shape index (κ1) is 20.4. The van der Waals surface area contributed by atoms with Gasteiger partial charge in [0.1, 0.15) is 0 Å². The van der Waals surface area contributed by atoms with E-state index in [0.29, 0.717) is 18.6 Å². The standard InChI is InChI=1S/C21H32O3/c1-3-4-5-6-7-8-9-10-11-12-13-14-16-19-20(24-19)17-15-18-21(22)23-2/h4-5,7-8,10-11,13-14,19-20H,3,6,9,12,15-18H2,1-2H3/b5-4-,8-7-,11-10-,14-13-. The average molecular weight is 332 g/mol.